The first-order chi connectivity index (χ1) is 7.52. The van der Waals surface area contributed by atoms with Crippen molar-refractivity contribution < 1.29 is 8.42 Å². The van der Waals surface area contributed by atoms with Crippen LogP contribution in [0.25, 0.3) is 0 Å². The van der Waals surface area contributed by atoms with Gasteiger partial charge in [-0.15, -0.1) is 6.58 Å². The fourth-order valence-electron chi connectivity index (χ4n) is 1.44. The Kier molecular flexibility index (Phi) is 8.51. The van der Waals surface area contributed by atoms with Gasteiger partial charge in [0.05, 0.1) is 6.26 Å². The molecule has 0 spiro atoms. The van der Waals surface area contributed by atoms with Gasteiger partial charge in [-0.25, -0.2) is 12.7 Å². The molecule has 0 heterocycles. The van der Waals surface area contributed by atoms with Crippen LogP contribution in [0.15, 0.2) is 12.7 Å². The second-order valence-corrected chi connectivity index (χ2v) is 5.77. The third kappa shape index (κ3) is 7.84. The number of hydrogen-bond acceptors (Lipinski definition) is 3. The van der Waals surface area contributed by atoms with E-state index in [1.54, 1.807) is 0 Å². The number of nitrogens with zero attached hydrogens (tertiary/aromatic N) is 1. The highest BCUT2D eigenvalue weighted by atomic mass is 32.2. The Balaban J connectivity index is 3.53. The summed E-state index contributed by atoms with van der Waals surface area (Å²) in [7, 11) is -3.02. The molecule has 0 amide bonds. The molecule has 0 aliphatic heterocycles. The zero-order valence-corrected chi connectivity index (χ0v) is 11.2. The predicted molar refractivity (Wildman–Crippen MR) is 69.0 cm³/mol. The van der Waals surface area contributed by atoms with Gasteiger partial charge in [-0.3, -0.25) is 0 Å². The molecule has 96 valence electrons. The van der Waals surface area contributed by atoms with Crippen LogP contribution in [-0.2, 0) is 10.0 Å². The topological polar surface area (TPSA) is 49.4 Å². The maximum Gasteiger partial charge on any atom is 0.211 e. The summed E-state index contributed by atoms with van der Waals surface area (Å²) in [4.78, 5) is 0. The highest BCUT2D eigenvalue weighted by Gasteiger charge is 2.12. The zero-order valence-electron chi connectivity index (χ0n) is 10.4. The highest BCUT2D eigenvalue weighted by molar-refractivity contribution is 7.88. The molecule has 0 aromatic rings. The first-order valence-corrected chi connectivity index (χ1v) is 7.64. The Labute approximate surface area is 99.8 Å². The lowest BCUT2D eigenvalue weighted by Gasteiger charge is -2.17. The molecule has 0 aromatic carbocycles. The molecular formula is C11H24N2O2S. The lowest BCUT2D eigenvalue weighted by atomic mass is 10.3. The molecule has 0 fully saturated rings. The molecular weight excluding hydrogens is 224 g/mol. The third-order valence-electron chi connectivity index (χ3n) is 2.34. The van der Waals surface area contributed by atoms with E-state index in [4.69, 9.17) is 0 Å². The number of allylic oxidation sites excluding steroid dienone is 1. The SMILES string of the molecule is C=CCCCNCCCN(CC)S(C)(=O)=O. The van der Waals surface area contributed by atoms with E-state index in [0.29, 0.717) is 13.1 Å². The highest BCUT2D eigenvalue weighted by Crippen LogP contribution is 1.98. The normalized spacial score (nSPS) is 11.9. The molecule has 0 radical (unpaired) electrons. The molecule has 0 atom stereocenters. The number of nitrogens with one attached hydrogen (secondary N) is 1. The first kappa shape index (κ1) is 15.6. The van der Waals surface area contributed by atoms with Crippen molar-refractivity contribution in [3.8, 4) is 0 Å². The Morgan fingerprint density at radius 1 is 1.31 bits per heavy atom. The van der Waals surface area contributed by atoms with Gasteiger partial charge in [0, 0.05) is 13.1 Å². The van der Waals surface area contributed by atoms with Gasteiger partial charge in [0.15, 0.2) is 0 Å². The number of unbranched alkanes of at least 4 members (excludes halogenated alkanes) is 1. The summed E-state index contributed by atoms with van der Waals surface area (Å²) in [6.07, 6.45) is 6.14. The van der Waals surface area contributed by atoms with Gasteiger partial charge < -0.3 is 5.32 Å². The number of hydrogen-bond donors (Lipinski definition) is 1. The molecule has 0 aromatic heterocycles. The van der Waals surface area contributed by atoms with E-state index < -0.39 is 10.0 Å². The van der Waals surface area contributed by atoms with Crippen LogP contribution in [0.4, 0.5) is 0 Å². The van der Waals surface area contributed by atoms with Crippen molar-refractivity contribution in [3.63, 3.8) is 0 Å². The van der Waals surface area contributed by atoms with Gasteiger partial charge in [0.2, 0.25) is 10.0 Å². The van der Waals surface area contributed by atoms with E-state index in [0.717, 1.165) is 32.4 Å². The van der Waals surface area contributed by atoms with Gasteiger partial charge in [0.1, 0.15) is 0 Å². The molecule has 0 aliphatic rings. The van der Waals surface area contributed by atoms with Gasteiger partial charge in [-0.2, -0.15) is 0 Å². The van der Waals surface area contributed by atoms with E-state index in [9.17, 15) is 8.42 Å². The van der Waals surface area contributed by atoms with Gasteiger partial charge in [-0.1, -0.05) is 13.0 Å². The lowest BCUT2D eigenvalue weighted by Crippen LogP contribution is -2.32. The van der Waals surface area contributed by atoms with Crippen LogP contribution in [0, 0.1) is 0 Å². The van der Waals surface area contributed by atoms with E-state index in [1.165, 1.54) is 10.6 Å². The van der Waals surface area contributed by atoms with E-state index >= 15 is 0 Å². The van der Waals surface area contributed by atoms with Crippen molar-refractivity contribution in [1.82, 2.24) is 9.62 Å². The maximum atomic E-state index is 11.3. The molecule has 0 unspecified atom stereocenters. The van der Waals surface area contributed by atoms with Gasteiger partial charge in [0.25, 0.3) is 0 Å². The van der Waals surface area contributed by atoms with Gasteiger partial charge >= 0.3 is 0 Å². The summed E-state index contributed by atoms with van der Waals surface area (Å²) in [6, 6.07) is 0. The van der Waals surface area contributed by atoms with Crippen LogP contribution in [-0.4, -0.2) is 45.2 Å². The smallest absolute Gasteiger partial charge is 0.211 e. The van der Waals surface area contributed by atoms with Crippen LogP contribution < -0.4 is 5.32 Å². The minimum atomic E-state index is -3.02. The lowest BCUT2D eigenvalue weighted by molar-refractivity contribution is 0.419. The van der Waals surface area contributed by atoms with Crippen molar-refractivity contribution in [2.75, 3.05) is 32.4 Å². The van der Waals surface area contributed by atoms with Crippen molar-refractivity contribution >= 4 is 10.0 Å². The molecule has 0 bridgehead atoms. The average molecular weight is 248 g/mol. The fraction of sp³-hybridized carbons (Fsp3) is 0.818. The summed E-state index contributed by atoms with van der Waals surface area (Å²) < 4.78 is 24.0. The summed E-state index contributed by atoms with van der Waals surface area (Å²) in [5.41, 5.74) is 0. The van der Waals surface area contributed by atoms with Crippen molar-refractivity contribution in [1.29, 1.82) is 0 Å². The standard InChI is InChI=1S/C11H24N2O2S/c1-4-6-7-9-12-10-8-11-13(5-2)16(3,14)15/h4,12H,1,5-11H2,2-3H3. The molecule has 1 N–H and O–H groups in total. The van der Waals surface area contributed by atoms with Crippen molar-refractivity contribution in [3.05, 3.63) is 12.7 Å². The van der Waals surface area contributed by atoms with Crippen LogP contribution in [0.5, 0.6) is 0 Å². The Morgan fingerprint density at radius 3 is 2.44 bits per heavy atom. The quantitative estimate of drug-likeness (QED) is 0.467. The minimum Gasteiger partial charge on any atom is -0.317 e. The first-order valence-electron chi connectivity index (χ1n) is 5.79. The second kappa shape index (κ2) is 8.73. The minimum absolute atomic E-state index is 0.551. The number of rotatable bonds is 10. The molecule has 5 heteroatoms. The molecule has 0 rings (SSSR count). The van der Waals surface area contributed by atoms with E-state index in [-0.39, 0.29) is 0 Å². The molecule has 4 nitrogen and oxygen atoms in total. The van der Waals surface area contributed by atoms with Crippen molar-refractivity contribution in [2.24, 2.45) is 0 Å². The molecule has 0 saturated carbocycles. The summed E-state index contributed by atoms with van der Waals surface area (Å²) in [5.74, 6) is 0. The molecule has 16 heavy (non-hydrogen) atoms. The number of sulfonamides is 1. The maximum absolute atomic E-state index is 11.3. The summed E-state index contributed by atoms with van der Waals surface area (Å²) in [6.45, 7) is 8.50. The Morgan fingerprint density at radius 2 is 1.94 bits per heavy atom. The van der Waals surface area contributed by atoms with Crippen LogP contribution in [0.1, 0.15) is 26.2 Å². The molecule has 0 saturated heterocycles. The largest absolute Gasteiger partial charge is 0.317 e. The Bertz CT molecular complexity index is 276. The van der Waals surface area contributed by atoms with Crippen LogP contribution in [0.3, 0.4) is 0 Å². The Hall–Kier alpha value is -0.390. The van der Waals surface area contributed by atoms with Crippen molar-refractivity contribution in [2.45, 2.75) is 26.2 Å². The summed E-state index contributed by atoms with van der Waals surface area (Å²) in [5, 5.41) is 3.28. The zero-order chi connectivity index (χ0) is 12.4. The molecule has 0 aliphatic carbocycles. The third-order valence-corrected chi connectivity index (χ3v) is 3.72. The predicted octanol–water partition coefficient (Wildman–Crippen LogP) is 1.21. The fourth-order valence-corrected chi connectivity index (χ4v) is 2.37. The van der Waals surface area contributed by atoms with Crippen LogP contribution >= 0.6 is 0 Å². The van der Waals surface area contributed by atoms with E-state index in [2.05, 4.69) is 11.9 Å². The van der Waals surface area contributed by atoms with Crippen LogP contribution in [0.2, 0.25) is 0 Å². The monoisotopic (exact) mass is 248 g/mol. The average Bonchev–Trinajstić information content (AvgIpc) is 2.20. The van der Waals surface area contributed by atoms with Gasteiger partial charge in [-0.05, 0) is 32.4 Å². The summed E-state index contributed by atoms with van der Waals surface area (Å²) >= 11 is 0. The van der Waals surface area contributed by atoms with E-state index in [1.807, 2.05) is 13.0 Å². The second-order valence-electron chi connectivity index (χ2n) is 3.79.